The third kappa shape index (κ3) is 3.40. The number of amides is 1. The monoisotopic (exact) mass is 324 g/mol. The van der Waals surface area contributed by atoms with E-state index in [1.54, 1.807) is 4.90 Å². The zero-order valence-corrected chi connectivity index (χ0v) is 14.4. The van der Waals surface area contributed by atoms with Gasteiger partial charge in [-0.2, -0.15) is 0 Å². The van der Waals surface area contributed by atoms with Crippen LogP contribution in [0.1, 0.15) is 37.2 Å². The van der Waals surface area contributed by atoms with Crippen molar-refractivity contribution in [1.29, 1.82) is 0 Å². The summed E-state index contributed by atoms with van der Waals surface area (Å²) in [7, 11) is 0. The molecule has 5 nitrogen and oxygen atoms in total. The number of nitrogens with zero attached hydrogens (tertiary/aromatic N) is 4. The van der Waals surface area contributed by atoms with Crippen molar-refractivity contribution in [2.45, 2.75) is 26.7 Å². The molecule has 1 aromatic carbocycles. The van der Waals surface area contributed by atoms with E-state index in [2.05, 4.69) is 9.88 Å². The number of anilines is 1. The van der Waals surface area contributed by atoms with Crippen LogP contribution >= 0.6 is 0 Å². The minimum absolute atomic E-state index is 0.0278. The highest BCUT2D eigenvalue weighted by molar-refractivity contribution is 5.93. The maximum atomic E-state index is 12.8. The summed E-state index contributed by atoms with van der Waals surface area (Å²) in [5.74, 6) is 1.45. The van der Waals surface area contributed by atoms with Crippen molar-refractivity contribution in [3.8, 4) is 11.4 Å². The molecule has 1 aliphatic heterocycles. The molecule has 5 heteroatoms. The number of benzene rings is 1. The lowest BCUT2D eigenvalue weighted by Gasteiger charge is -2.21. The molecule has 1 fully saturated rings. The van der Waals surface area contributed by atoms with E-state index in [1.807, 2.05) is 50.2 Å². The van der Waals surface area contributed by atoms with Gasteiger partial charge in [-0.15, -0.1) is 0 Å². The highest BCUT2D eigenvalue weighted by Gasteiger charge is 2.21. The summed E-state index contributed by atoms with van der Waals surface area (Å²) in [5, 5.41) is 0. The standard InChI is InChI=1S/C19H24N4O/c1-3-22(4-2)19(24)16-14-17(23-12-8-9-13-23)21-18(20-16)15-10-6-5-7-11-15/h5-7,10-11,14H,3-4,8-9,12-13H2,1-2H3. The minimum Gasteiger partial charge on any atom is -0.356 e. The van der Waals surface area contributed by atoms with Crippen LogP contribution in [0.5, 0.6) is 0 Å². The quantitative estimate of drug-likeness (QED) is 0.847. The van der Waals surface area contributed by atoms with E-state index in [1.165, 1.54) is 12.8 Å². The molecular weight excluding hydrogens is 300 g/mol. The molecule has 0 atom stereocenters. The second-order valence-corrected chi connectivity index (χ2v) is 5.97. The van der Waals surface area contributed by atoms with Crippen LogP contribution in [0.25, 0.3) is 11.4 Å². The van der Waals surface area contributed by atoms with Gasteiger partial charge in [-0.1, -0.05) is 30.3 Å². The molecule has 0 radical (unpaired) electrons. The molecule has 3 rings (SSSR count). The third-order valence-electron chi connectivity index (χ3n) is 4.44. The number of hydrogen-bond donors (Lipinski definition) is 0. The van der Waals surface area contributed by atoms with Crippen LogP contribution < -0.4 is 4.90 Å². The average molecular weight is 324 g/mol. The van der Waals surface area contributed by atoms with Crippen LogP contribution in [-0.2, 0) is 0 Å². The van der Waals surface area contributed by atoms with Crippen LogP contribution in [-0.4, -0.2) is 47.0 Å². The largest absolute Gasteiger partial charge is 0.356 e. The summed E-state index contributed by atoms with van der Waals surface area (Å²) in [6.45, 7) is 7.32. The second-order valence-electron chi connectivity index (χ2n) is 5.97. The highest BCUT2D eigenvalue weighted by Crippen LogP contribution is 2.23. The van der Waals surface area contributed by atoms with Crippen molar-refractivity contribution in [2.24, 2.45) is 0 Å². The van der Waals surface area contributed by atoms with Gasteiger partial charge in [-0.05, 0) is 26.7 Å². The van der Waals surface area contributed by atoms with E-state index in [4.69, 9.17) is 4.98 Å². The molecule has 24 heavy (non-hydrogen) atoms. The first kappa shape index (κ1) is 16.4. The fraction of sp³-hybridized carbons (Fsp3) is 0.421. The second kappa shape index (κ2) is 7.43. The first-order chi connectivity index (χ1) is 11.7. The summed E-state index contributed by atoms with van der Waals surface area (Å²) in [6.07, 6.45) is 2.34. The molecule has 1 aliphatic rings. The van der Waals surface area contributed by atoms with Crippen molar-refractivity contribution in [3.63, 3.8) is 0 Å². The zero-order valence-electron chi connectivity index (χ0n) is 14.4. The Labute approximate surface area is 143 Å². The molecule has 0 aliphatic carbocycles. The molecule has 1 saturated heterocycles. The SMILES string of the molecule is CCN(CC)C(=O)c1cc(N2CCCC2)nc(-c2ccccc2)n1. The molecule has 2 heterocycles. The third-order valence-corrected chi connectivity index (χ3v) is 4.44. The van der Waals surface area contributed by atoms with Crippen molar-refractivity contribution in [2.75, 3.05) is 31.1 Å². The van der Waals surface area contributed by atoms with Crippen molar-refractivity contribution in [1.82, 2.24) is 14.9 Å². The van der Waals surface area contributed by atoms with Crippen molar-refractivity contribution < 1.29 is 4.79 Å². The van der Waals surface area contributed by atoms with Crippen molar-refractivity contribution in [3.05, 3.63) is 42.1 Å². The summed E-state index contributed by atoms with van der Waals surface area (Å²) in [4.78, 5) is 26.1. The lowest BCUT2D eigenvalue weighted by Crippen LogP contribution is -2.31. The van der Waals surface area contributed by atoms with E-state index >= 15 is 0 Å². The van der Waals surface area contributed by atoms with Crippen LogP contribution in [0, 0.1) is 0 Å². The van der Waals surface area contributed by atoms with Gasteiger partial charge in [0.05, 0.1) is 0 Å². The summed E-state index contributed by atoms with van der Waals surface area (Å²) in [5.41, 5.74) is 1.42. The molecule has 1 aromatic heterocycles. The summed E-state index contributed by atoms with van der Waals surface area (Å²) in [6, 6.07) is 11.7. The van der Waals surface area contributed by atoms with Gasteiger partial charge in [0.15, 0.2) is 5.82 Å². The van der Waals surface area contributed by atoms with Gasteiger partial charge >= 0.3 is 0 Å². The Morgan fingerprint density at radius 1 is 1.08 bits per heavy atom. The van der Waals surface area contributed by atoms with Gasteiger partial charge in [0.2, 0.25) is 0 Å². The Balaban J connectivity index is 2.04. The van der Waals surface area contributed by atoms with Crippen LogP contribution in [0.3, 0.4) is 0 Å². The fourth-order valence-corrected chi connectivity index (χ4v) is 3.04. The lowest BCUT2D eigenvalue weighted by molar-refractivity contribution is 0.0767. The van der Waals surface area contributed by atoms with E-state index in [0.29, 0.717) is 24.6 Å². The predicted molar refractivity (Wildman–Crippen MR) is 96.2 cm³/mol. The maximum Gasteiger partial charge on any atom is 0.272 e. The maximum absolute atomic E-state index is 12.8. The van der Waals surface area contributed by atoms with Gasteiger partial charge in [0.25, 0.3) is 5.91 Å². The number of carbonyl (C=O) groups excluding carboxylic acids is 1. The molecule has 0 unspecified atom stereocenters. The minimum atomic E-state index is -0.0278. The molecular formula is C19H24N4O. The van der Waals surface area contributed by atoms with Gasteiger partial charge in [0.1, 0.15) is 11.5 Å². The smallest absolute Gasteiger partial charge is 0.272 e. The van der Waals surface area contributed by atoms with E-state index in [-0.39, 0.29) is 5.91 Å². The lowest BCUT2D eigenvalue weighted by atomic mass is 10.2. The number of aromatic nitrogens is 2. The predicted octanol–water partition coefficient (Wildman–Crippen LogP) is 3.23. The Kier molecular flexibility index (Phi) is 5.08. The fourth-order valence-electron chi connectivity index (χ4n) is 3.04. The summed E-state index contributed by atoms with van der Waals surface area (Å²) < 4.78 is 0. The molecule has 126 valence electrons. The average Bonchev–Trinajstić information content (AvgIpc) is 3.18. The number of carbonyl (C=O) groups is 1. The highest BCUT2D eigenvalue weighted by atomic mass is 16.2. The van der Waals surface area contributed by atoms with Gasteiger partial charge in [-0.25, -0.2) is 9.97 Å². The van der Waals surface area contributed by atoms with E-state index in [9.17, 15) is 4.79 Å². The molecule has 2 aromatic rings. The molecule has 0 bridgehead atoms. The Morgan fingerprint density at radius 3 is 2.38 bits per heavy atom. The first-order valence-electron chi connectivity index (χ1n) is 8.71. The Bertz CT molecular complexity index is 692. The van der Waals surface area contributed by atoms with Crippen molar-refractivity contribution >= 4 is 11.7 Å². The molecule has 1 amide bonds. The van der Waals surface area contributed by atoms with Crippen LogP contribution in [0.4, 0.5) is 5.82 Å². The number of hydrogen-bond acceptors (Lipinski definition) is 4. The normalized spacial score (nSPS) is 14.0. The summed E-state index contributed by atoms with van der Waals surface area (Å²) >= 11 is 0. The van der Waals surface area contributed by atoms with Gasteiger partial charge in [0, 0.05) is 37.8 Å². The topological polar surface area (TPSA) is 49.3 Å². The van der Waals surface area contributed by atoms with E-state index in [0.717, 1.165) is 24.5 Å². The molecule has 0 N–H and O–H groups in total. The molecule has 0 spiro atoms. The Hall–Kier alpha value is -2.43. The molecule has 0 saturated carbocycles. The van der Waals surface area contributed by atoms with Crippen LogP contribution in [0.15, 0.2) is 36.4 Å². The first-order valence-corrected chi connectivity index (χ1v) is 8.71. The van der Waals surface area contributed by atoms with Gasteiger partial charge < -0.3 is 9.80 Å². The van der Waals surface area contributed by atoms with Gasteiger partial charge in [-0.3, -0.25) is 4.79 Å². The Morgan fingerprint density at radius 2 is 1.75 bits per heavy atom. The van der Waals surface area contributed by atoms with E-state index < -0.39 is 0 Å². The number of rotatable bonds is 5. The zero-order chi connectivity index (χ0) is 16.9. The van der Waals surface area contributed by atoms with Crippen LogP contribution in [0.2, 0.25) is 0 Å².